The van der Waals surface area contributed by atoms with Gasteiger partial charge in [-0.1, -0.05) is 6.92 Å². The lowest BCUT2D eigenvalue weighted by molar-refractivity contribution is -0.138. The number of hydrogen-bond acceptors (Lipinski definition) is 0. The summed E-state index contributed by atoms with van der Waals surface area (Å²) in [7, 11) is 0. The van der Waals surface area contributed by atoms with Crippen LogP contribution in [0.2, 0.25) is 0 Å². The normalized spacial score (nSPS) is 18.0. The summed E-state index contributed by atoms with van der Waals surface area (Å²) in [6.07, 6.45) is 1.39. The third-order valence-corrected chi connectivity index (χ3v) is 4.40. The van der Waals surface area contributed by atoms with E-state index in [1.165, 1.54) is 5.56 Å². The molecule has 0 amide bonds. The van der Waals surface area contributed by atoms with Gasteiger partial charge in [0.25, 0.3) is 0 Å². The minimum atomic E-state index is -4.17. The van der Waals surface area contributed by atoms with Gasteiger partial charge in [-0.2, -0.15) is 13.2 Å². The van der Waals surface area contributed by atoms with Crippen LogP contribution in [0.25, 0.3) is 0 Å². The fraction of sp³-hybridized carbons (Fsp3) is 0.600. The molecule has 0 atom stereocenters. The molecule has 0 aliphatic heterocycles. The molecule has 3 rings (SSSR count). The Morgan fingerprint density at radius 2 is 1.28 bits per heavy atom. The van der Waals surface area contributed by atoms with Crippen LogP contribution in [0.3, 0.4) is 0 Å². The number of fused-ring (bicyclic) bond motifs is 2. The monoisotopic (exact) mass is 254 g/mol. The van der Waals surface area contributed by atoms with E-state index in [1.807, 2.05) is 0 Å². The highest BCUT2D eigenvalue weighted by Gasteiger charge is 2.41. The fourth-order valence-electron chi connectivity index (χ4n) is 3.84. The highest BCUT2D eigenvalue weighted by Crippen LogP contribution is 2.45. The van der Waals surface area contributed by atoms with Gasteiger partial charge in [0.1, 0.15) is 0 Å². The second-order valence-electron chi connectivity index (χ2n) is 5.33. The lowest BCUT2D eigenvalue weighted by Crippen LogP contribution is -2.15. The van der Waals surface area contributed by atoms with Crippen molar-refractivity contribution in [3.63, 3.8) is 0 Å². The Bertz CT molecular complexity index is 462. The average Bonchev–Trinajstić information content (AvgIpc) is 2.90. The largest absolute Gasteiger partial charge is 0.416 e. The van der Waals surface area contributed by atoms with Crippen molar-refractivity contribution >= 4 is 0 Å². The quantitative estimate of drug-likeness (QED) is 0.703. The van der Waals surface area contributed by atoms with E-state index in [9.17, 15) is 13.2 Å². The molecule has 0 nitrogen and oxygen atoms in total. The Balaban J connectivity index is 2.34. The molecule has 0 saturated heterocycles. The molecule has 18 heavy (non-hydrogen) atoms. The third-order valence-electron chi connectivity index (χ3n) is 4.40. The van der Waals surface area contributed by atoms with Gasteiger partial charge in [-0.15, -0.1) is 0 Å². The molecule has 0 bridgehead atoms. The smallest absolute Gasteiger partial charge is 0.166 e. The van der Waals surface area contributed by atoms with Crippen LogP contribution >= 0.6 is 0 Å². The minimum Gasteiger partial charge on any atom is -0.166 e. The van der Waals surface area contributed by atoms with Crippen LogP contribution in [0.1, 0.15) is 53.1 Å². The first kappa shape index (κ1) is 12.1. The molecular weight excluding hydrogens is 237 g/mol. The lowest BCUT2D eigenvalue weighted by atomic mass is 9.87. The van der Waals surface area contributed by atoms with Crippen molar-refractivity contribution in [1.29, 1.82) is 0 Å². The van der Waals surface area contributed by atoms with E-state index in [0.717, 1.165) is 43.2 Å². The zero-order chi connectivity index (χ0) is 12.9. The van der Waals surface area contributed by atoms with Gasteiger partial charge in [0.05, 0.1) is 5.56 Å². The van der Waals surface area contributed by atoms with Gasteiger partial charge in [0.15, 0.2) is 0 Å². The van der Waals surface area contributed by atoms with E-state index in [2.05, 4.69) is 6.92 Å². The van der Waals surface area contributed by atoms with Crippen LogP contribution in [-0.2, 0) is 38.3 Å². The molecule has 1 aromatic rings. The Hall–Kier alpha value is -0.990. The number of rotatable bonds is 1. The number of halogens is 3. The first-order valence-corrected chi connectivity index (χ1v) is 6.79. The molecule has 0 spiro atoms. The predicted molar refractivity (Wildman–Crippen MR) is 64.9 cm³/mol. The maximum absolute atomic E-state index is 13.3. The Morgan fingerprint density at radius 3 is 1.67 bits per heavy atom. The molecule has 0 heterocycles. The van der Waals surface area contributed by atoms with Crippen molar-refractivity contribution in [2.24, 2.45) is 0 Å². The molecule has 1 aromatic carbocycles. The molecule has 0 N–H and O–H groups in total. The SMILES string of the molecule is CCc1c2c(c(C(F)(F)F)c3c1CCC3)CCC2. The molecule has 0 aromatic heterocycles. The van der Waals surface area contributed by atoms with Crippen LogP contribution in [0, 0.1) is 0 Å². The number of alkyl halides is 3. The maximum Gasteiger partial charge on any atom is 0.416 e. The van der Waals surface area contributed by atoms with E-state index >= 15 is 0 Å². The van der Waals surface area contributed by atoms with Gasteiger partial charge in [-0.05, 0) is 72.8 Å². The van der Waals surface area contributed by atoms with Crippen LogP contribution in [0.15, 0.2) is 0 Å². The van der Waals surface area contributed by atoms with Gasteiger partial charge < -0.3 is 0 Å². The highest BCUT2D eigenvalue weighted by molar-refractivity contribution is 5.56. The molecule has 0 unspecified atom stereocenters. The van der Waals surface area contributed by atoms with Crippen LogP contribution in [0.4, 0.5) is 13.2 Å². The first-order chi connectivity index (χ1) is 8.54. The summed E-state index contributed by atoms with van der Waals surface area (Å²) in [6, 6.07) is 0. The molecular formula is C15H17F3. The van der Waals surface area contributed by atoms with E-state index in [4.69, 9.17) is 0 Å². The van der Waals surface area contributed by atoms with Gasteiger partial charge in [0.2, 0.25) is 0 Å². The Kier molecular flexibility index (Phi) is 2.68. The van der Waals surface area contributed by atoms with Crippen molar-refractivity contribution < 1.29 is 13.2 Å². The standard InChI is InChI=1S/C15H17F3/c1-2-9-10-5-3-7-12(10)14(15(16,17)18)13-8-4-6-11(9)13/h2-8H2,1H3. The van der Waals surface area contributed by atoms with Crippen molar-refractivity contribution in [2.75, 3.05) is 0 Å². The Morgan fingerprint density at radius 1 is 0.833 bits per heavy atom. The van der Waals surface area contributed by atoms with E-state index in [1.54, 1.807) is 0 Å². The van der Waals surface area contributed by atoms with E-state index in [-0.39, 0.29) is 5.56 Å². The summed E-state index contributed by atoms with van der Waals surface area (Å²) in [4.78, 5) is 0. The summed E-state index contributed by atoms with van der Waals surface area (Å²) in [5.41, 5.74) is 4.29. The molecule has 2 aliphatic carbocycles. The summed E-state index contributed by atoms with van der Waals surface area (Å²) in [6.45, 7) is 2.07. The van der Waals surface area contributed by atoms with Gasteiger partial charge >= 0.3 is 6.18 Å². The van der Waals surface area contributed by atoms with Crippen LogP contribution in [-0.4, -0.2) is 0 Å². The van der Waals surface area contributed by atoms with Gasteiger partial charge in [-0.25, -0.2) is 0 Å². The summed E-state index contributed by atoms with van der Waals surface area (Å²) in [5.74, 6) is 0. The molecule has 0 fully saturated rings. The zero-order valence-corrected chi connectivity index (χ0v) is 10.6. The molecule has 98 valence electrons. The average molecular weight is 254 g/mol. The maximum atomic E-state index is 13.3. The van der Waals surface area contributed by atoms with Gasteiger partial charge in [0, 0.05) is 0 Å². The highest BCUT2D eigenvalue weighted by atomic mass is 19.4. The van der Waals surface area contributed by atoms with Crippen molar-refractivity contribution in [2.45, 2.75) is 58.0 Å². The second-order valence-corrected chi connectivity index (χ2v) is 5.33. The topological polar surface area (TPSA) is 0 Å². The molecule has 0 saturated carbocycles. The van der Waals surface area contributed by atoms with Crippen molar-refractivity contribution in [3.8, 4) is 0 Å². The van der Waals surface area contributed by atoms with E-state index < -0.39 is 6.18 Å². The number of benzene rings is 1. The lowest BCUT2D eigenvalue weighted by Gasteiger charge is -2.21. The minimum absolute atomic E-state index is 0.264. The zero-order valence-electron chi connectivity index (χ0n) is 10.6. The summed E-state index contributed by atoms with van der Waals surface area (Å²) in [5, 5.41) is 0. The van der Waals surface area contributed by atoms with Crippen molar-refractivity contribution in [1.82, 2.24) is 0 Å². The first-order valence-electron chi connectivity index (χ1n) is 6.79. The Labute approximate surface area is 105 Å². The van der Waals surface area contributed by atoms with Crippen LogP contribution < -0.4 is 0 Å². The second kappa shape index (κ2) is 4.01. The van der Waals surface area contributed by atoms with Gasteiger partial charge in [-0.3, -0.25) is 0 Å². The van der Waals surface area contributed by atoms with E-state index in [0.29, 0.717) is 24.0 Å². The number of hydrogen-bond donors (Lipinski definition) is 0. The summed E-state index contributed by atoms with van der Waals surface area (Å²) < 4.78 is 40.0. The summed E-state index contributed by atoms with van der Waals surface area (Å²) >= 11 is 0. The van der Waals surface area contributed by atoms with Crippen LogP contribution in [0.5, 0.6) is 0 Å². The third kappa shape index (κ3) is 1.59. The predicted octanol–water partition coefficient (Wildman–Crippen LogP) is 4.25. The molecule has 2 aliphatic rings. The molecule has 0 radical (unpaired) electrons. The fourth-order valence-corrected chi connectivity index (χ4v) is 3.84. The molecule has 3 heteroatoms. The van der Waals surface area contributed by atoms with Crippen molar-refractivity contribution in [3.05, 3.63) is 33.4 Å².